The molecule has 2 atom stereocenters. The van der Waals surface area contributed by atoms with Crippen LogP contribution in [0.5, 0.6) is 0 Å². The molecule has 6 nitrogen and oxygen atoms in total. The summed E-state index contributed by atoms with van der Waals surface area (Å²) < 4.78 is 16.4. The number of unbranched alkanes of at least 4 members (excludes halogenated alkanes) is 16. The van der Waals surface area contributed by atoms with Gasteiger partial charge in [-0.3, -0.25) is 4.79 Å². The number of hydrogen-bond donors (Lipinski definition) is 2. The number of carbonyl (C=O) groups is 1. The van der Waals surface area contributed by atoms with Crippen LogP contribution in [0.2, 0.25) is 0 Å². The number of Topliss-reactive ketones (excluding diaryl/α,β-unsaturated/α-hetero) is 1. The Morgan fingerprint density at radius 3 is 1.65 bits per heavy atom. The summed E-state index contributed by atoms with van der Waals surface area (Å²) in [4.78, 5) is 22.7. The summed E-state index contributed by atoms with van der Waals surface area (Å²) in [7, 11) is -2.00. The fourth-order valence-electron chi connectivity index (χ4n) is 5.34. The SMILES string of the molecule is CCCCC/C=C\C/C=C\C/C=C\C/C=C\CCCC(=O)CC(CO/C=C\CCCCCCCCCCCCCC)COP(O)OCCN. The first-order chi connectivity index (χ1) is 24.1. The van der Waals surface area contributed by atoms with E-state index in [2.05, 4.69) is 68.5 Å². The number of nitrogens with two attached hydrogens (primary N) is 1. The van der Waals surface area contributed by atoms with Crippen molar-refractivity contribution in [1.82, 2.24) is 0 Å². The summed E-state index contributed by atoms with van der Waals surface area (Å²) in [6.07, 6.45) is 49.3. The summed E-state index contributed by atoms with van der Waals surface area (Å²) in [5, 5.41) is 0. The van der Waals surface area contributed by atoms with Gasteiger partial charge in [-0.25, -0.2) is 0 Å². The fourth-order valence-corrected chi connectivity index (χ4v) is 6.01. The number of carbonyl (C=O) groups excluding carboxylic acids is 1. The summed E-state index contributed by atoms with van der Waals surface area (Å²) in [5.41, 5.74) is 5.44. The molecule has 0 rings (SSSR count). The van der Waals surface area contributed by atoms with E-state index in [0.717, 1.165) is 38.5 Å². The van der Waals surface area contributed by atoms with Gasteiger partial charge in [-0.05, 0) is 63.9 Å². The summed E-state index contributed by atoms with van der Waals surface area (Å²) >= 11 is 0. The van der Waals surface area contributed by atoms with Crippen molar-refractivity contribution >= 4 is 14.4 Å². The van der Waals surface area contributed by atoms with Gasteiger partial charge in [-0.1, -0.05) is 146 Å². The van der Waals surface area contributed by atoms with Gasteiger partial charge in [0.15, 0.2) is 0 Å². The molecule has 0 heterocycles. The molecule has 0 aliphatic heterocycles. The van der Waals surface area contributed by atoms with E-state index in [9.17, 15) is 9.69 Å². The summed E-state index contributed by atoms with van der Waals surface area (Å²) in [6, 6.07) is 0. The molecule has 0 aromatic rings. The molecule has 3 N–H and O–H groups in total. The maximum Gasteiger partial charge on any atom is 0.329 e. The monoisotopic (exact) mass is 706 g/mol. The van der Waals surface area contributed by atoms with Crippen molar-refractivity contribution < 1.29 is 23.5 Å². The molecule has 0 amide bonds. The third kappa shape index (κ3) is 39.1. The van der Waals surface area contributed by atoms with Crippen molar-refractivity contribution in [2.75, 3.05) is 26.4 Å². The molecule has 0 fully saturated rings. The molecule has 0 saturated carbocycles. The molecule has 7 heteroatoms. The molecule has 0 aromatic carbocycles. The molecule has 284 valence electrons. The van der Waals surface area contributed by atoms with E-state index in [1.165, 1.54) is 103 Å². The minimum atomic E-state index is -2.00. The Balaban J connectivity index is 4.14. The zero-order valence-electron chi connectivity index (χ0n) is 31.8. The highest BCUT2D eigenvalue weighted by molar-refractivity contribution is 7.40. The lowest BCUT2D eigenvalue weighted by Crippen LogP contribution is -2.19. The van der Waals surface area contributed by atoms with Crippen LogP contribution in [0.25, 0.3) is 0 Å². The first-order valence-corrected chi connectivity index (χ1v) is 21.1. The number of allylic oxidation sites excluding steroid dienone is 9. The van der Waals surface area contributed by atoms with E-state index >= 15 is 0 Å². The first-order valence-electron chi connectivity index (χ1n) is 20.0. The van der Waals surface area contributed by atoms with E-state index in [-0.39, 0.29) is 24.9 Å². The van der Waals surface area contributed by atoms with E-state index in [1.807, 2.05) is 0 Å². The maximum atomic E-state index is 12.7. The molecular weight excluding hydrogens is 629 g/mol. The quantitative estimate of drug-likeness (QED) is 0.0288. The van der Waals surface area contributed by atoms with Gasteiger partial charge in [0.05, 0.1) is 26.1 Å². The smallest absolute Gasteiger partial charge is 0.329 e. The Bertz CT molecular complexity index is 841. The first kappa shape index (κ1) is 47.4. The lowest BCUT2D eigenvalue weighted by molar-refractivity contribution is -0.120. The van der Waals surface area contributed by atoms with Crippen LogP contribution in [0.3, 0.4) is 0 Å². The molecule has 0 radical (unpaired) electrons. The molecule has 0 saturated heterocycles. The second-order valence-electron chi connectivity index (χ2n) is 13.1. The Labute approximate surface area is 304 Å². The average molecular weight is 706 g/mol. The average Bonchev–Trinajstić information content (AvgIpc) is 3.10. The van der Waals surface area contributed by atoms with Gasteiger partial charge in [0.1, 0.15) is 5.78 Å². The summed E-state index contributed by atoms with van der Waals surface area (Å²) in [6.45, 7) is 5.65. The number of rotatable bonds is 38. The van der Waals surface area contributed by atoms with Crippen molar-refractivity contribution in [3.63, 3.8) is 0 Å². The van der Waals surface area contributed by atoms with Gasteiger partial charge in [-0.15, -0.1) is 0 Å². The molecule has 2 unspecified atom stereocenters. The Kier molecular flexibility index (Phi) is 39.6. The Morgan fingerprint density at radius 1 is 0.612 bits per heavy atom. The lowest BCUT2D eigenvalue weighted by atomic mass is 10.0. The highest BCUT2D eigenvalue weighted by Gasteiger charge is 2.17. The van der Waals surface area contributed by atoms with Crippen molar-refractivity contribution in [3.05, 3.63) is 60.9 Å². The van der Waals surface area contributed by atoms with Crippen LogP contribution in [0.15, 0.2) is 60.9 Å². The van der Waals surface area contributed by atoms with Gasteiger partial charge >= 0.3 is 8.60 Å². The van der Waals surface area contributed by atoms with E-state index in [4.69, 9.17) is 19.5 Å². The van der Waals surface area contributed by atoms with Crippen LogP contribution in [0, 0.1) is 5.92 Å². The lowest BCUT2D eigenvalue weighted by Gasteiger charge is -2.17. The predicted octanol–water partition coefficient (Wildman–Crippen LogP) is 12.5. The topological polar surface area (TPSA) is 91.0 Å². The number of hydrogen-bond acceptors (Lipinski definition) is 6. The van der Waals surface area contributed by atoms with Crippen molar-refractivity contribution in [2.45, 2.75) is 168 Å². The van der Waals surface area contributed by atoms with E-state index in [0.29, 0.717) is 26.0 Å². The van der Waals surface area contributed by atoms with Gasteiger partial charge in [0.2, 0.25) is 0 Å². The fraction of sp³-hybridized carbons (Fsp3) is 0.738. The molecule has 0 spiro atoms. The third-order valence-electron chi connectivity index (χ3n) is 8.29. The number of ether oxygens (including phenoxy) is 1. The minimum absolute atomic E-state index is 0.140. The second-order valence-corrected chi connectivity index (χ2v) is 14.1. The van der Waals surface area contributed by atoms with Gasteiger partial charge in [-0.2, -0.15) is 0 Å². The Morgan fingerprint density at radius 2 is 1.08 bits per heavy atom. The van der Waals surface area contributed by atoms with Crippen LogP contribution in [-0.4, -0.2) is 37.0 Å². The largest absolute Gasteiger partial charge is 0.501 e. The van der Waals surface area contributed by atoms with Crippen molar-refractivity contribution in [2.24, 2.45) is 11.7 Å². The van der Waals surface area contributed by atoms with Gasteiger partial charge < -0.3 is 24.4 Å². The predicted molar refractivity (Wildman–Crippen MR) is 212 cm³/mol. The molecule has 0 aliphatic carbocycles. The van der Waals surface area contributed by atoms with Gasteiger partial charge in [0, 0.05) is 25.3 Å². The normalized spacial score (nSPS) is 13.6. The van der Waals surface area contributed by atoms with Crippen molar-refractivity contribution in [1.29, 1.82) is 0 Å². The molecular formula is C42H76NO5P. The number of ketones is 1. The van der Waals surface area contributed by atoms with E-state index in [1.54, 1.807) is 6.26 Å². The summed E-state index contributed by atoms with van der Waals surface area (Å²) in [5.74, 6) is 0.0534. The van der Waals surface area contributed by atoms with E-state index < -0.39 is 8.60 Å². The van der Waals surface area contributed by atoms with Crippen LogP contribution in [-0.2, 0) is 18.6 Å². The highest BCUT2D eigenvalue weighted by atomic mass is 31.2. The zero-order chi connectivity index (χ0) is 35.7. The molecule has 0 bridgehead atoms. The maximum absolute atomic E-state index is 12.7. The molecule has 0 aromatic heterocycles. The third-order valence-corrected chi connectivity index (χ3v) is 9.06. The van der Waals surface area contributed by atoms with Gasteiger partial charge in [0.25, 0.3) is 0 Å². The Hall–Kier alpha value is -1.56. The van der Waals surface area contributed by atoms with Crippen LogP contribution < -0.4 is 5.73 Å². The minimum Gasteiger partial charge on any atom is -0.501 e. The standard InChI is InChI=1S/C42H76NO5P/c1-3-5-7-9-11-13-15-17-19-20-21-22-24-26-28-30-32-34-42(44)38-41(40-48-49(45)47-37-35-43)39-46-36-33-31-29-27-25-23-18-16-14-12-10-8-6-4-2/h11,13,17,19,21-22,26,28,33,36,41,45H,3-10,12,14-16,18,20,23-25,27,29-32,34-35,37-40,43H2,1-2H3/b13-11-,19-17-,22-21-,28-26-,36-33-. The highest BCUT2D eigenvalue weighted by Crippen LogP contribution is 2.33. The second kappa shape index (κ2) is 40.9. The van der Waals surface area contributed by atoms with Crippen LogP contribution >= 0.6 is 8.60 Å². The van der Waals surface area contributed by atoms with Crippen LogP contribution in [0.1, 0.15) is 168 Å². The molecule has 49 heavy (non-hydrogen) atoms. The molecule has 0 aliphatic rings. The van der Waals surface area contributed by atoms with Crippen LogP contribution in [0.4, 0.5) is 0 Å². The van der Waals surface area contributed by atoms with Crippen molar-refractivity contribution in [3.8, 4) is 0 Å². The zero-order valence-corrected chi connectivity index (χ0v) is 32.6.